The average Bonchev–Trinajstić information content (AvgIpc) is 2.76. The van der Waals surface area contributed by atoms with Gasteiger partial charge in [0.15, 0.2) is 0 Å². The lowest BCUT2D eigenvalue weighted by atomic mass is 9.80. The maximum Gasteiger partial charge on any atom is 0.331 e. The van der Waals surface area contributed by atoms with Gasteiger partial charge < -0.3 is 19.5 Å². The van der Waals surface area contributed by atoms with Gasteiger partial charge in [0.1, 0.15) is 5.54 Å². The number of halogens is 1. The van der Waals surface area contributed by atoms with Crippen LogP contribution in [0.15, 0.2) is 12.1 Å². The molecule has 1 aromatic carbocycles. The minimum absolute atomic E-state index is 0.0400. The van der Waals surface area contributed by atoms with Crippen LogP contribution in [0.1, 0.15) is 56.2 Å². The first kappa shape index (κ1) is 25.2. The molecule has 1 amide bonds. The predicted molar refractivity (Wildman–Crippen MR) is 120 cm³/mol. The Balaban J connectivity index is 2.12. The standard InChI is InChI=1S/C24H32ClNO5/c1-5-7-17-14-18(6-2)20(21(25)15-17)16-22(27)26-24(23(28)30-4)10-8-19(9-11-24)31-13-12-29-3/h14-15,19H,6,8-13,16H2,1-4H3,(H,26,27). The fourth-order valence-electron chi connectivity index (χ4n) is 4.02. The van der Waals surface area contributed by atoms with Crippen molar-refractivity contribution in [2.24, 2.45) is 0 Å². The van der Waals surface area contributed by atoms with Crippen LogP contribution in [0.5, 0.6) is 0 Å². The van der Waals surface area contributed by atoms with Crippen LogP contribution in [0.4, 0.5) is 0 Å². The van der Waals surface area contributed by atoms with E-state index in [9.17, 15) is 9.59 Å². The minimum atomic E-state index is -1.04. The largest absolute Gasteiger partial charge is 0.467 e. The van der Waals surface area contributed by atoms with Crippen LogP contribution in [-0.4, -0.2) is 51.0 Å². The Morgan fingerprint density at radius 1 is 1.23 bits per heavy atom. The van der Waals surface area contributed by atoms with Crippen molar-refractivity contribution in [2.45, 2.75) is 64.0 Å². The van der Waals surface area contributed by atoms with Gasteiger partial charge in [0, 0.05) is 17.7 Å². The monoisotopic (exact) mass is 449 g/mol. The lowest BCUT2D eigenvalue weighted by molar-refractivity contribution is -0.154. The van der Waals surface area contributed by atoms with Gasteiger partial charge in [0.25, 0.3) is 0 Å². The second kappa shape index (κ2) is 12.1. The molecule has 0 radical (unpaired) electrons. The predicted octanol–water partition coefficient (Wildman–Crippen LogP) is 3.45. The second-order valence-corrected chi connectivity index (χ2v) is 8.09. The molecule has 1 N–H and O–H groups in total. The molecule has 0 aromatic heterocycles. The molecule has 1 aliphatic rings. The molecule has 7 heteroatoms. The van der Waals surface area contributed by atoms with E-state index in [1.807, 2.05) is 13.0 Å². The van der Waals surface area contributed by atoms with Gasteiger partial charge >= 0.3 is 5.97 Å². The first-order valence-electron chi connectivity index (χ1n) is 10.6. The summed E-state index contributed by atoms with van der Waals surface area (Å²) in [6.07, 6.45) is 3.09. The van der Waals surface area contributed by atoms with Crippen LogP contribution in [0.25, 0.3) is 0 Å². The van der Waals surface area contributed by atoms with E-state index >= 15 is 0 Å². The van der Waals surface area contributed by atoms with Gasteiger partial charge in [-0.15, -0.1) is 5.92 Å². The molecule has 2 rings (SSSR count). The maximum atomic E-state index is 13.0. The zero-order chi connectivity index (χ0) is 22.9. The van der Waals surface area contributed by atoms with Crippen molar-refractivity contribution in [1.82, 2.24) is 5.32 Å². The van der Waals surface area contributed by atoms with Crippen molar-refractivity contribution in [3.05, 3.63) is 33.8 Å². The molecule has 0 spiro atoms. The van der Waals surface area contributed by atoms with Crippen LogP contribution in [0, 0.1) is 11.8 Å². The van der Waals surface area contributed by atoms with Gasteiger partial charge in [0.2, 0.25) is 5.91 Å². The van der Waals surface area contributed by atoms with Gasteiger partial charge in [-0.2, -0.15) is 0 Å². The molecular weight excluding hydrogens is 418 g/mol. The van der Waals surface area contributed by atoms with E-state index in [2.05, 4.69) is 17.2 Å². The number of carbonyl (C=O) groups is 2. The molecule has 0 atom stereocenters. The Labute approximate surface area is 190 Å². The molecule has 1 aliphatic carbocycles. The molecule has 0 unspecified atom stereocenters. The molecule has 0 saturated heterocycles. The van der Waals surface area contributed by atoms with E-state index in [1.165, 1.54) is 7.11 Å². The number of nitrogens with one attached hydrogen (secondary N) is 1. The van der Waals surface area contributed by atoms with Gasteiger partial charge in [0.05, 0.1) is 32.8 Å². The zero-order valence-corrected chi connectivity index (χ0v) is 19.6. The smallest absolute Gasteiger partial charge is 0.331 e. The molecule has 0 bridgehead atoms. The highest BCUT2D eigenvalue weighted by Gasteiger charge is 2.44. The molecule has 6 nitrogen and oxygen atoms in total. The second-order valence-electron chi connectivity index (χ2n) is 7.69. The number of esters is 1. The molecule has 1 aromatic rings. The maximum absolute atomic E-state index is 13.0. The molecule has 31 heavy (non-hydrogen) atoms. The summed E-state index contributed by atoms with van der Waals surface area (Å²) in [6, 6.07) is 3.74. The summed E-state index contributed by atoms with van der Waals surface area (Å²) in [5, 5.41) is 3.47. The van der Waals surface area contributed by atoms with Gasteiger partial charge in [-0.25, -0.2) is 4.79 Å². The topological polar surface area (TPSA) is 73.9 Å². The Bertz CT molecular complexity index is 834. The lowest BCUT2D eigenvalue weighted by Gasteiger charge is -2.38. The first-order valence-corrected chi connectivity index (χ1v) is 11.0. The number of aryl methyl sites for hydroxylation is 1. The third-order valence-corrected chi connectivity index (χ3v) is 5.99. The van der Waals surface area contributed by atoms with Crippen LogP contribution in [0.3, 0.4) is 0 Å². The van der Waals surface area contributed by atoms with Crippen LogP contribution >= 0.6 is 11.6 Å². The normalized spacial score (nSPS) is 20.5. The number of hydrogen-bond donors (Lipinski definition) is 1. The number of methoxy groups -OCH3 is 2. The summed E-state index contributed by atoms with van der Waals surface area (Å²) in [6.45, 7) is 4.81. The SMILES string of the molecule is CC#Cc1cc(Cl)c(CC(=O)NC2(C(=O)OC)CCC(OCCOC)CC2)c(CC)c1. The third-order valence-electron chi connectivity index (χ3n) is 5.66. The molecule has 1 fully saturated rings. The van der Waals surface area contributed by atoms with Crippen molar-refractivity contribution in [3.63, 3.8) is 0 Å². The summed E-state index contributed by atoms with van der Waals surface area (Å²) >= 11 is 6.47. The van der Waals surface area contributed by atoms with E-state index in [0.29, 0.717) is 43.9 Å². The lowest BCUT2D eigenvalue weighted by Crippen LogP contribution is -2.57. The first-order chi connectivity index (χ1) is 14.9. The average molecular weight is 450 g/mol. The van der Waals surface area contributed by atoms with Crippen molar-refractivity contribution in [1.29, 1.82) is 0 Å². The van der Waals surface area contributed by atoms with E-state index < -0.39 is 11.5 Å². The fourth-order valence-corrected chi connectivity index (χ4v) is 4.33. The number of hydrogen-bond acceptors (Lipinski definition) is 5. The van der Waals surface area contributed by atoms with E-state index in [0.717, 1.165) is 23.1 Å². The Morgan fingerprint density at radius 3 is 2.52 bits per heavy atom. The number of benzene rings is 1. The molecule has 0 heterocycles. The van der Waals surface area contributed by atoms with Gasteiger partial charge in [-0.3, -0.25) is 4.79 Å². The number of carbonyl (C=O) groups excluding carboxylic acids is 2. The third kappa shape index (κ3) is 6.70. The highest BCUT2D eigenvalue weighted by Crippen LogP contribution is 2.32. The van der Waals surface area contributed by atoms with Crippen molar-refractivity contribution in [2.75, 3.05) is 27.4 Å². The number of amides is 1. The molecular formula is C24H32ClNO5. The molecule has 170 valence electrons. The van der Waals surface area contributed by atoms with Crippen LogP contribution in [-0.2, 0) is 36.6 Å². The Kier molecular flexibility index (Phi) is 9.83. The van der Waals surface area contributed by atoms with Crippen molar-refractivity contribution in [3.8, 4) is 11.8 Å². The zero-order valence-electron chi connectivity index (χ0n) is 18.8. The summed E-state index contributed by atoms with van der Waals surface area (Å²) in [7, 11) is 2.97. The molecule has 1 saturated carbocycles. The Morgan fingerprint density at radius 2 is 1.94 bits per heavy atom. The summed E-state index contributed by atoms with van der Waals surface area (Å²) in [5.41, 5.74) is 1.52. The minimum Gasteiger partial charge on any atom is -0.467 e. The van der Waals surface area contributed by atoms with E-state index in [4.69, 9.17) is 25.8 Å². The quantitative estimate of drug-likeness (QED) is 0.355. The van der Waals surface area contributed by atoms with Crippen molar-refractivity contribution < 1.29 is 23.8 Å². The Hall–Kier alpha value is -2.07. The molecule has 0 aliphatic heterocycles. The van der Waals surface area contributed by atoms with Crippen molar-refractivity contribution >= 4 is 23.5 Å². The van der Waals surface area contributed by atoms with Crippen LogP contribution in [0.2, 0.25) is 5.02 Å². The summed E-state index contributed by atoms with van der Waals surface area (Å²) in [4.78, 5) is 25.6. The number of ether oxygens (including phenoxy) is 3. The number of rotatable bonds is 9. The fraction of sp³-hybridized carbons (Fsp3) is 0.583. The van der Waals surface area contributed by atoms with Gasteiger partial charge in [-0.05, 0) is 62.3 Å². The highest BCUT2D eigenvalue weighted by atomic mass is 35.5. The summed E-state index contributed by atoms with van der Waals surface area (Å²) < 4.78 is 15.8. The summed E-state index contributed by atoms with van der Waals surface area (Å²) in [5.74, 6) is 5.19. The van der Waals surface area contributed by atoms with E-state index in [-0.39, 0.29) is 18.4 Å². The highest BCUT2D eigenvalue weighted by molar-refractivity contribution is 6.31. The van der Waals surface area contributed by atoms with Crippen LogP contribution < -0.4 is 5.32 Å². The van der Waals surface area contributed by atoms with E-state index in [1.54, 1.807) is 20.1 Å². The van der Waals surface area contributed by atoms with Gasteiger partial charge in [-0.1, -0.05) is 24.4 Å².